The third kappa shape index (κ3) is 2.76. The van der Waals surface area contributed by atoms with E-state index < -0.39 is 5.82 Å². The number of hydrogen-bond donors (Lipinski definition) is 0. The molecule has 0 amide bonds. The second kappa shape index (κ2) is 5.67. The Morgan fingerprint density at radius 1 is 1.33 bits per heavy atom. The number of fused-ring (bicyclic) bond motifs is 1. The highest BCUT2D eigenvalue weighted by Gasteiger charge is 2.22. The minimum Gasteiger partial charge on any atom is -0.372 e. The van der Waals surface area contributed by atoms with Crippen LogP contribution < -0.4 is 4.90 Å². The Kier molecular flexibility index (Phi) is 3.88. The molecule has 0 atom stereocenters. The summed E-state index contributed by atoms with van der Waals surface area (Å²) in [6, 6.07) is 0. The number of halogens is 3. The van der Waals surface area contributed by atoms with Gasteiger partial charge in [-0.2, -0.15) is 4.98 Å². The summed E-state index contributed by atoms with van der Waals surface area (Å²) in [7, 11) is 0. The Balaban J connectivity index is 2.17. The molecular formula is C12H9Cl2FN4O2. The maximum atomic E-state index is 14.0. The first-order valence-electron chi connectivity index (χ1n) is 6.08. The molecule has 0 spiro atoms. The summed E-state index contributed by atoms with van der Waals surface area (Å²) in [5, 5.41) is -0.0780. The number of carbonyl (C=O) groups is 1. The Hall–Kier alpha value is -1.57. The highest BCUT2D eigenvalue weighted by molar-refractivity contribution is 6.30. The molecule has 0 radical (unpaired) electrons. The number of hydrogen-bond acceptors (Lipinski definition) is 6. The molecule has 0 aliphatic carbocycles. The predicted molar refractivity (Wildman–Crippen MR) is 75.4 cm³/mol. The zero-order chi connectivity index (χ0) is 15.0. The van der Waals surface area contributed by atoms with E-state index in [4.69, 9.17) is 27.9 Å². The minimum absolute atomic E-state index is 0.0254. The van der Waals surface area contributed by atoms with Gasteiger partial charge in [0.25, 0.3) is 0 Å². The summed E-state index contributed by atoms with van der Waals surface area (Å²) in [5.74, 6) is -0.526. The monoisotopic (exact) mass is 330 g/mol. The number of ether oxygens (including phenoxy) is 1. The van der Waals surface area contributed by atoms with E-state index in [0.717, 1.165) is 0 Å². The van der Waals surface area contributed by atoms with Gasteiger partial charge in [-0.3, -0.25) is 4.79 Å². The number of anilines is 1. The van der Waals surface area contributed by atoms with Crippen molar-refractivity contribution in [2.24, 2.45) is 0 Å². The average Bonchev–Trinajstić information content (AvgIpc) is 2.67. The zero-order valence-corrected chi connectivity index (χ0v) is 12.2. The molecular weight excluding hydrogens is 322 g/mol. The van der Waals surface area contributed by atoms with E-state index in [1.165, 1.54) is 6.20 Å². The topological polar surface area (TPSA) is 68.2 Å². The summed E-state index contributed by atoms with van der Waals surface area (Å²) < 4.78 is 19.2. The van der Waals surface area contributed by atoms with E-state index in [1.807, 2.05) is 0 Å². The molecule has 0 unspecified atom stereocenters. The van der Waals surface area contributed by atoms with E-state index >= 15 is 0 Å². The minimum atomic E-state index is -0.767. The van der Waals surface area contributed by atoms with Crippen LogP contribution in [0.1, 0.15) is 0 Å². The second-order valence-electron chi connectivity index (χ2n) is 4.45. The average molecular weight is 331 g/mol. The first-order chi connectivity index (χ1) is 10.1. The van der Waals surface area contributed by atoms with Crippen molar-refractivity contribution in [1.82, 2.24) is 15.0 Å². The van der Waals surface area contributed by atoms with Crippen LogP contribution in [0.4, 0.5) is 10.2 Å². The lowest BCUT2D eigenvalue weighted by Gasteiger charge is -2.21. The van der Waals surface area contributed by atoms with E-state index in [-0.39, 0.29) is 34.9 Å². The first-order valence-corrected chi connectivity index (χ1v) is 6.83. The Morgan fingerprint density at radius 2 is 2.14 bits per heavy atom. The summed E-state index contributed by atoms with van der Waals surface area (Å²) in [4.78, 5) is 25.0. The summed E-state index contributed by atoms with van der Waals surface area (Å²) >= 11 is 11.5. The van der Waals surface area contributed by atoms with Gasteiger partial charge in [-0.05, 0) is 11.6 Å². The highest BCUT2D eigenvalue weighted by atomic mass is 35.5. The van der Waals surface area contributed by atoms with Crippen molar-refractivity contribution in [1.29, 1.82) is 0 Å². The van der Waals surface area contributed by atoms with Crippen LogP contribution in [0.2, 0.25) is 10.4 Å². The van der Waals surface area contributed by atoms with Crippen LogP contribution in [0.3, 0.4) is 0 Å². The van der Waals surface area contributed by atoms with Gasteiger partial charge in [-0.1, -0.05) is 11.6 Å². The lowest BCUT2D eigenvalue weighted by atomic mass is 10.2. The van der Waals surface area contributed by atoms with Crippen molar-refractivity contribution in [3.05, 3.63) is 22.5 Å². The molecule has 21 heavy (non-hydrogen) atoms. The summed E-state index contributed by atoms with van der Waals surface area (Å²) in [6.45, 7) is 0.940. The van der Waals surface area contributed by atoms with Gasteiger partial charge in [0.1, 0.15) is 17.9 Å². The molecule has 1 saturated heterocycles. The SMILES string of the molecule is O=C1COCCN(c2nc(Cl)nc3c(F)c(Cl)ncc23)C1. The summed E-state index contributed by atoms with van der Waals surface area (Å²) in [5.41, 5.74) is -0.0254. The fourth-order valence-electron chi connectivity index (χ4n) is 2.11. The molecule has 0 saturated carbocycles. The van der Waals surface area contributed by atoms with Gasteiger partial charge in [-0.25, -0.2) is 14.4 Å². The molecule has 2 aromatic rings. The van der Waals surface area contributed by atoms with E-state index in [9.17, 15) is 9.18 Å². The molecule has 2 aromatic heterocycles. The van der Waals surface area contributed by atoms with Crippen LogP contribution >= 0.6 is 23.2 Å². The maximum absolute atomic E-state index is 14.0. The van der Waals surface area contributed by atoms with Crippen molar-refractivity contribution in [3.63, 3.8) is 0 Å². The van der Waals surface area contributed by atoms with Crippen molar-refractivity contribution >= 4 is 45.7 Å². The number of pyridine rings is 1. The fraction of sp³-hybridized carbons (Fsp3) is 0.333. The lowest BCUT2D eigenvalue weighted by molar-refractivity contribution is -0.121. The van der Waals surface area contributed by atoms with Crippen LogP contribution in [0.25, 0.3) is 10.9 Å². The van der Waals surface area contributed by atoms with Crippen LogP contribution in [0.5, 0.6) is 0 Å². The Bertz CT molecular complexity index is 728. The molecule has 3 rings (SSSR count). The second-order valence-corrected chi connectivity index (χ2v) is 5.15. The fourth-order valence-corrected chi connectivity index (χ4v) is 2.42. The molecule has 3 heterocycles. The quantitative estimate of drug-likeness (QED) is 0.587. The van der Waals surface area contributed by atoms with Gasteiger partial charge in [0.2, 0.25) is 5.28 Å². The molecule has 0 N–H and O–H groups in total. The smallest absolute Gasteiger partial charge is 0.225 e. The predicted octanol–water partition coefficient (Wildman–Crippen LogP) is 1.88. The van der Waals surface area contributed by atoms with Gasteiger partial charge in [-0.15, -0.1) is 0 Å². The van der Waals surface area contributed by atoms with Crippen molar-refractivity contribution < 1.29 is 13.9 Å². The number of aromatic nitrogens is 3. The normalized spacial score (nSPS) is 16.3. The Morgan fingerprint density at radius 3 is 2.95 bits per heavy atom. The number of rotatable bonds is 1. The lowest BCUT2D eigenvalue weighted by Crippen LogP contribution is -2.31. The van der Waals surface area contributed by atoms with Crippen molar-refractivity contribution in [3.8, 4) is 0 Å². The van der Waals surface area contributed by atoms with Gasteiger partial charge in [0, 0.05) is 12.7 Å². The maximum Gasteiger partial charge on any atom is 0.225 e. The highest BCUT2D eigenvalue weighted by Crippen LogP contribution is 2.29. The zero-order valence-electron chi connectivity index (χ0n) is 10.6. The molecule has 9 heteroatoms. The van der Waals surface area contributed by atoms with E-state index in [1.54, 1.807) is 4.90 Å². The van der Waals surface area contributed by atoms with Crippen LogP contribution in [-0.4, -0.2) is 47.0 Å². The van der Waals surface area contributed by atoms with Gasteiger partial charge < -0.3 is 9.64 Å². The molecule has 6 nitrogen and oxygen atoms in total. The van der Waals surface area contributed by atoms with Crippen LogP contribution in [-0.2, 0) is 9.53 Å². The van der Waals surface area contributed by atoms with Gasteiger partial charge in [0.15, 0.2) is 16.8 Å². The first kappa shape index (κ1) is 14.4. The van der Waals surface area contributed by atoms with Gasteiger partial charge >= 0.3 is 0 Å². The number of ketones is 1. The molecule has 1 fully saturated rings. The third-order valence-electron chi connectivity index (χ3n) is 3.03. The van der Waals surface area contributed by atoms with Crippen LogP contribution in [0, 0.1) is 5.82 Å². The van der Waals surface area contributed by atoms with E-state index in [2.05, 4.69) is 15.0 Å². The molecule has 1 aliphatic heterocycles. The number of nitrogens with zero attached hydrogens (tertiary/aromatic N) is 4. The standard InChI is InChI=1S/C12H9Cl2FN4O2/c13-10-8(15)9-7(3-16-10)11(18-12(14)17-9)19-1-2-21-5-6(20)4-19/h3H,1-2,4-5H2. The van der Waals surface area contributed by atoms with Crippen LogP contribution in [0.15, 0.2) is 6.20 Å². The Labute approximate surface area is 128 Å². The third-order valence-corrected chi connectivity index (χ3v) is 3.46. The van der Waals surface area contributed by atoms with Crippen molar-refractivity contribution in [2.45, 2.75) is 0 Å². The molecule has 0 bridgehead atoms. The largest absolute Gasteiger partial charge is 0.372 e. The van der Waals surface area contributed by atoms with E-state index in [0.29, 0.717) is 24.4 Å². The number of Topliss-reactive ketones (excluding diaryl/α,β-unsaturated/α-hetero) is 1. The number of carbonyl (C=O) groups excluding carboxylic acids is 1. The summed E-state index contributed by atoms with van der Waals surface area (Å²) in [6.07, 6.45) is 1.36. The molecule has 0 aromatic carbocycles. The molecule has 1 aliphatic rings. The van der Waals surface area contributed by atoms with Crippen molar-refractivity contribution in [2.75, 3.05) is 31.2 Å². The van der Waals surface area contributed by atoms with Gasteiger partial charge in [0.05, 0.1) is 18.5 Å². The molecule has 110 valence electrons.